The number of nitrogens with zero attached hydrogens (tertiary/aromatic N) is 2. The van der Waals surface area contributed by atoms with Crippen molar-refractivity contribution in [3.8, 4) is 0 Å². The van der Waals surface area contributed by atoms with E-state index in [1.807, 2.05) is 0 Å². The molecule has 2 aromatic carbocycles. The Kier molecular flexibility index (Phi) is 82.5. The second-order valence-corrected chi connectivity index (χ2v) is 25.5. The molecule has 2 rings (SSSR count). The molecule has 0 saturated carbocycles. The van der Waals surface area contributed by atoms with E-state index in [-0.39, 0.29) is 50.2 Å². The number of hydrogen-bond acceptors (Lipinski definition) is 26. The highest BCUT2D eigenvalue weighted by Gasteiger charge is 2.08. The second-order valence-electron chi connectivity index (χ2n) is 24.2. The zero-order chi connectivity index (χ0) is 76.1. The Balaban J connectivity index is 0.00000157. The average Bonchev–Trinajstić information content (AvgIpc) is 0.886. The largest absolute Gasteiger partial charge is 0.463 e. The summed E-state index contributed by atoms with van der Waals surface area (Å²) in [6.45, 7) is 12.4. The molecular formula is C77H136N4O21S3. The number of esters is 2. The number of aliphatic hydroxyl groups is 2. The molecule has 0 aliphatic rings. The van der Waals surface area contributed by atoms with Crippen LogP contribution in [0.3, 0.4) is 0 Å². The monoisotopic (exact) mass is 1550 g/mol. The van der Waals surface area contributed by atoms with E-state index in [2.05, 4.69) is 58.7 Å². The highest BCUT2D eigenvalue weighted by molar-refractivity contribution is 7.80. The Morgan fingerprint density at radius 2 is 0.571 bits per heavy atom. The van der Waals surface area contributed by atoms with Crippen molar-refractivity contribution in [1.82, 2.24) is 10.6 Å². The Morgan fingerprint density at radius 1 is 0.314 bits per heavy atom. The Labute approximate surface area is 645 Å². The van der Waals surface area contributed by atoms with E-state index in [1.54, 1.807) is 48.5 Å². The molecule has 25 nitrogen and oxygen atoms in total. The number of nitrogens with one attached hydrogen (secondary N) is 2. The summed E-state index contributed by atoms with van der Waals surface area (Å²) in [5.74, 6) is 2.55. The second kappa shape index (κ2) is 85.7. The summed E-state index contributed by atoms with van der Waals surface area (Å²) >= 11 is 12.7. The lowest BCUT2D eigenvalue weighted by Crippen LogP contribution is -2.28. The summed E-state index contributed by atoms with van der Waals surface area (Å²) in [6, 6.07) is 13.6. The summed E-state index contributed by atoms with van der Waals surface area (Å²) in [4.78, 5) is 58.2. The lowest BCUT2D eigenvalue weighted by molar-refractivity contribution is -0.146. The van der Waals surface area contributed by atoms with Gasteiger partial charge in [-0.25, -0.2) is 0 Å². The zero-order valence-corrected chi connectivity index (χ0v) is 66.2. The number of rotatable bonds is 77. The molecule has 0 fully saturated rings. The van der Waals surface area contributed by atoms with Crippen molar-refractivity contribution in [1.29, 1.82) is 0 Å². The Bertz CT molecular complexity index is 2160. The zero-order valence-electron chi connectivity index (χ0n) is 63.5. The van der Waals surface area contributed by atoms with Crippen LogP contribution < -0.4 is 10.6 Å². The van der Waals surface area contributed by atoms with E-state index in [9.17, 15) is 24.0 Å². The van der Waals surface area contributed by atoms with Crippen LogP contribution in [0.2, 0.25) is 0 Å². The van der Waals surface area contributed by atoms with Crippen LogP contribution in [0.5, 0.6) is 0 Å². The molecule has 0 aromatic heterocycles. The maximum absolute atomic E-state index is 12.3. The van der Waals surface area contributed by atoms with Gasteiger partial charge in [-0.2, -0.15) is 48.1 Å². The maximum Gasteiger partial charge on any atom is 0.305 e. The summed E-state index contributed by atoms with van der Waals surface area (Å²) in [5.41, 5.74) is 2.34. The standard InChI is InChI=1S/C31H44N4O5S.2C23H46O8S/c36-25-26-10-14-28(15-11-26)34-35-29-16-12-27(13-17-29)31(38)33-19-21-40-23-22-39-20-18-32-30(37)9-7-5-3-1-2-4-6-8-24-41;2*24-10-11-26-12-13-27-14-15-28-16-17-29-18-19-30-20-21-31-23(25)9-7-5-3-1-2-4-6-8-22-32/h10-17,25,41H,1-9,18-24H2,(H,32,37)(H,33,38);2*24,32H,1-22H2. The van der Waals surface area contributed by atoms with Crippen molar-refractivity contribution in [3.05, 3.63) is 59.7 Å². The van der Waals surface area contributed by atoms with Gasteiger partial charge in [0.15, 0.2) is 0 Å². The fourth-order valence-electron chi connectivity index (χ4n) is 9.43. The first-order chi connectivity index (χ1) is 51.7. The van der Waals surface area contributed by atoms with Crippen LogP contribution in [0.15, 0.2) is 58.8 Å². The van der Waals surface area contributed by atoms with E-state index in [0.29, 0.717) is 213 Å². The quantitative estimate of drug-likeness (QED) is 0.0106. The highest BCUT2D eigenvalue weighted by atomic mass is 32.1. The van der Waals surface area contributed by atoms with E-state index in [1.165, 1.54) is 116 Å². The molecule has 0 spiro atoms. The number of hydrogen-bond donors (Lipinski definition) is 7. The van der Waals surface area contributed by atoms with Crippen molar-refractivity contribution in [2.45, 2.75) is 173 Å². The first-order valence-corrected chi connectivity index (χ1v) is 40.5. The summed E-state index contributed by atoms with van der Waals surface area (Å²) in [6.07, 6.45) is 30.9. The number of amides is 2. The average molecular weight is 1550 g/mol. The van der Waals surface area contributed by atoms with Gasteiger partial charge < -0.3 is 87.2 Å². The molecule has 0 aliphatic heterocycles. The molecule has 105 heavy (non-hydrogen) atoms. The van der Waals surface area contributed by atoms with E-state index in [0.717, 1.165) is 62.1 Å². The number of unbranched alkanes of at least 4 members (excludes halogenated alkanes) is 21. The minimum Gasteiger partial charge on any atom is -0.463 e. The lowest BCUT2D eigenvalue weighted by atomic mass is 10.1. The van der Waals surface area contributed by atoms with Crippen LogP contribution in [0, 0.1) is 0 Å². The number of carbonyl (C=O) groups is 5. The fourth-order valence-corrected chi connectivity index (χ4v) is 10.1. The molecule has 2 amide bonds. The molecule has 0 atom stereocenters. The predicted octanol–water partition coefficient (Wildman–Crippen LogP) is 12.3. The van der Waals surface area contributed by atoms with Crippen LogP contribution in [-0.2, 0) is 80.7 Å². The summed E-state index contributed by atoms with van der Waals surface area (Å²) < 4.78 is 74.4. The van der Waals surface area contributed by atoms with Crippen LogP contribution in [0.4, 0.5) is 11.4 Å². The third-order valence-electron chi connectivity index (χ3n) is 15.2. The number of ether oxygens (including phenoxy) is 14. The number of benzene rings is 2. The number of carbonyl (C=O) groups excluding carboxylic acids is 5. The molecule has 0 saturated heterocycles. The minimum atomic E-state index is -0.201. The Morgan fingerprint density at radius 3 is 0.876 bits per heavy atom. The lowest BCUT2D eigenvalue weighted by Gasteiger charge is -2.08. The normalized spacial score (nSPS) is 11.1. The van der Waals surface area contributed by atoms with Gasteiger partial charge in [-0.3, -0.25) is 24.0 Å². The van der Waals surface area contributed by atoms with Gasteiger partial charge in [-0.05, 0) is 104 Å². The maximum atomic E-state index is 12.3. The third-order valence-corrected chi connectivity index (χ3v) is 16.2. The molecule has 4 N–H and O–H groups in total. The van der Waals surface area contributed by atoms with Gasteiger partial charge in [-0.15, -0.1) is 0 Å². The summed E-state index contributed by atoms with van der Waals surface area (Å²) in [5, 5.41) is 31.1. The first kappa shape index (κ1) is 101. The van der Waals surface area contributed by atoms with Crippen molar-refractivity contribution in [3.63, 3.8) is 0 Å². The van der Waals surface area contributed by atoms with Crippen LogP contribution in [-0.4, -0.2) is 256 Å². The van der Waals surface area contributed by atoms with Gasteiger partial charge in [0.1, 0.15) is 19.5 Å². The number of aldehydes is 1. The summed E-state index contributed by atoms with van der Waals surface area (Å²) in [7, 11) is 0. The van der Waals surface area contributed by atoms with Crippen LogP contribution in [0.1, 0.15) is 194 Å². The molecule has 0 unspecified atom stereocenters. The van der Waals surface area contributed by atoms with Gasteiger partial charge in [0, 0.05) is 43.5 Å². The topological polar surface area (TPSA) is 304 Å². The predicted molar refractivity (Wildman–Crippen MR) is 420 cm³/mol. The SMILES string of the molecule is O=C(CCCCCCCCCCS)OCCOCCOCCOCCOCCOCCO.O=C(CCCCCCCCCCS)OCCOCCOCCOCCOCCOCCO.O=Cc1ccc(N=Nc2ccc(C(=O)NCCOCCOCCNC(=O)CCCCCCCCCCS)cc2)cc1. The van der Waals surface area contributed by atoms with Crippen LogP contribution >= 0.6 is 37.9 Å². The molecule has 608 valence electrons. The molecule has 0 radical (unpaired) electrons. The van der Waals surface area contributed by atoms with Crippen molar-refractivity contribution in [2.75, 3.05) is 215 Å². The fraction of sp³-hybridized carbons (Fsp3) is 0.779. The van der Waals surface area contributed by atoms with Gasteiger partial charge >= 0.3 is 11.9 Å². The van der Waals surface area contributed by atoms with Gasteiger partial charge in [0.2, 0.25) is 5.91 Å². The molecule has 0 aliphatic carbocycles. The molecular weight excluding hydrogens is 1410 g/mol. The van der Waals surface area contributed by atoms with E-state index in [4.69, 9.17) is 76.5 Å². The molecule has 0 heterocycles. The van der Waals surface area contributed by atoms with Crippen molar-refractivity contribution >= 4 is 79.3 Å². The minimum absolute atomic E-state index is 0.0275. The Hall–Kier alpha value is -3.92. The van der Waals surface area contributed by atoms with Crippen LogP contribution in [0.25, 0.3) is 0 Å². The van der Waals surface area contributed by atoms with E-state index < -0.39 is 0 Å². The smallest absolute Gasteiger partial charge is 0.305 e. The molecule has 28 heteroatoms. The third kappa shape index (κ3) is 78.0. The van der Waals surface area contributed by atoms with E-state index >= 15 is 0 Å². The highest BCUT2D eigenvalue weighted by Crippen LogP contribution is 2.20. The van der Waals surface area contributed by atoms with Crippen molar-refractivity contribution in [2.24, 2.45) is 10.2 Å². The van der Waals surface area contributed by atoms with Gasteiger partial charge in [-0.1, -0.05) is 116 Å². The number of aliphatic hydroxyl groups excluding tert-OH is 2. The van der Waals surface area contributed by atoms with Crippen molar-refractivity contribution < 1.29 is 101 Å². The number of azo groups is 1. The number of thiol groups is 3. The molecule has 2 aromatic rings. The van der Waals surface area contributed by atoms with Gasteiger partial charge in [0.05, 0.1) is 183 Å². The first-order valence-electron chi connectivity index (χ1n) is 38.6. The van der Waals surface area contributed by atoms with Gasteiger partial charge in [0.25, 0.3) is 5.91 Å². The molecule has 0 bridgehead atoms.